The summed E-state index contributed by atoms with van der Waals surface area (Å²) in [5.41, 5.74) is 0.692. The molecule has 1 saturated heterocycles. The predicted octanol–water partition coefficient (Wildman–Crippen LogP) is 2.93. The number of hydrogen-bond donors (Lipinski definition) is 2. The number of nitrogens with zero attached hydrogens (tertiary/aromatic N) is 4. The highest BCUT2D eigenvalue weighted by Gasteiger charge is 2.41. The normalized spacial score (nSPS) is 18.4. The van der Waals surface area contributed by atoms with Crippen molar-refractivity contribution in [1.82, 2.24) is 25.2 Å². The molecule has 2 fully saturated rings. The monoisotopic (exact) mass is 480 g/mol. The number of fused-ring (bicyclic) bond motifs is 1. The number of sulfonamides is 1. The van der Waals surface area contributed by atoms with E-state index in [-0.39, 0.29) is 9.90 Å². The van der Waals surface area contributed by atoms with Crippen LogP contribution in [0.4, 0.5) is 14.5 Å². The van der Waals surface area contributed by atoms with Crippen molar-refractivity contribution >= 4 is 37.8 Å². The van der Waals surface area contributed by atoms with Crippen LogP contribution in [-0.2, 0) is 10.0 Å². The van der Waals surface area contributed by atoms with Gasteiger partial charge in [-0.3, -0.25) is 4.98 Å². The molecule has 12 heteroatoms. The Balaban J connectivity index is 1.70. The van der Waals surface area contributed by atoms with Gasteiger partial charge in [-0.1, -0.05) is 11.3 Å². The second kappa shape index (κ2) is 7.94. The summed E-state index contributed by atoms with van der Waals surface area (Å²) < 4.78 is 55.4. The van der Waals surface area contributed by atoms with Crippen molar-refractivity contribution in [2.45, 2.75) is 36.6 Å². The van der Waals surface area contributed by atoms with Gasteiger partial charge in [-0.25, -0.2) is 21.9 Å². The molecule has 0 amide bonds. The summed E-state index contributed by atoms with van der Waals surface area (Å²) in [6.45, 7) is 4.87. The van der Waals surface area contributed by atoms with E-state index in [1.807, 2.05) is 13.0 Å². The molecule has 32 heavy (non-hydrogen) atoms. The van der Waals surface area contributed by atoms with Gasteiger partial charge in [0.1, 0.15) is 5.69 Å². The van der Waals surface area contributed by atoms with E-state index in [1.54, 1.807) is 18.3 Å². The first-order valence-electron chi connectivity index (χ1n) is 10.3. The fourth-order valence-corrected chi connectivity index (χ4v) is 6.04. The van der Waals surface area contributed by atoms with Gasteiger partial charge in [0.2, 0.25) is 10.0 Å². The number of rotatable bonds is 6. The van der Waals surface area contributed by atoms with Crippen LogP contribution in [-0.4, -0.2) is 55.3 Å². The number of anilines is 1. The van der Waals surface area contributed by atoms with Gasteiger partial charge in [-0.2, -0.15) is 0 Å². The zero-order valence-corrected chi connectivity index (χ0v) is 18.9. The lowest BCUT2D eigenvalue weighted by Gasteiger charge is -2.31. The number of benzene rings is 1. The molecule has 1 aliphatic carbocycles. The van der Waals surface area contributed by atoms with Gasteiger partial charge in [0, 0.05) is 54.4 Å². The first-order chi connectivity index (χ1) is 15.3. The number of alkyl halides is 2. The Morgan fingerprint density at radius 3 is 2.59 bits per heavy atom. The maximum Gasteiger partial charge on any atom is 0.291 e. The molecule has 3 heterocycles. The molecule has 0 spiro atoms. The standard InChI is InChI=1S/C20H22F2N6O2S2/c1-20(3-4-20)27-32(29,30)12-10-14-13(15(11-12)28-8-6-23-7-9-28)2-5-24-16(14)18-25-26-19(31-18)17(21)22/h2,5,10-11,17,23,27H,3-4,6-9H2,1H3. The van der Waals surface area contributed by atoms with Gasteiger partial charge in [-0.15, -0.1) is 10.2 Å². The van der Waals surface area contributed by atoms with E-state index in [9.17, 15) is 17.2 Å². The molecule has 2 N–H and O–H groups in total. The number of nitrogens with one attached hydrogen (secondary N) is 2. The summed E-state index contributed by atoms with van der Waals surface area (Å²) in [6, 6.07) is 5.06. The second-order valence-corrected chi connectivity index (χ2v) is 11.0. The molecule has 0 atom stereocenters. The molecule has 0 radical (unpaired) electrons. The predicted molar refractivity (Wildman–Crippen MR) is 119 cm³/mol. The van der Waals surface area contributed by atoms with Gasteiger partial charge >= 0.3 is 0 Å². The van der Waals surface area contributed by atoms with Crippen LogP contribution < -0.4 is 14.9 Å². The maximum atomic E-state index is 13.2. The first-order valence-corrected chi connectivity index (χ1v) is 12.6. The third-order valence-electron chi connectivity index (χ3n) is 5.81. The van der Waals surface area contributed by atoms with Crippen LogP contribution in [0.1, 0.15) is 31.2 Å². The second-order valence-electron chi connectivity index (χ2n) is 8.35. The zero-order chi connectivity index (χ0) is 22.5. The van der Waals surface area contributed by atoms with Gasteiger partial charge in [-0.05, 0) is 38.0 Å². The van der Waals surface area contributed by atoms with E-state index in [0.29, 0.717) is 11.1 Å². The number of piperazine rings is 1. The van der Waals surface area contributed by atoms with E-state index in [0.717, 1.165) is 61.4 Å². The lowest BCUT2D eigenvalue weighted by Crippen LogP contribution is -2.43. The minimum absolute atomic E-state index is 0.125. The first kappa shape index (κ1) is 21.6. The van der Waals surface area contributed by atoms with Crippen LogP contribution in [0.25, 0.3) is 21.5 Å². The Hall–Kier alpha value is -2.28. The highest BCUT2D eigenvalue weighted by Crippen LogP contribution is 2.39. The molecule has 0 unspecified atom stereocenters. The van der Waals surface area contributed by atoms with Crippen LogP contribution in [0.3, 0.4) is 0 Å². The fraction of sp³-hybridized carbons (Fsp3) is 0.450. The van der Waals surface area contributed by atoms with Crippen LogP contribution in [0.15, 0.2) is 29.3 Å². The van der Waals surface area contributed by atoms with Gasteiger partial charge in [0.25, 0.3) is 6.43 Å². The number of aromatic nitrogens is 3. The lowest BCUT2D eigenvalue weighted by atomic mass is 10.1. The third kappa shape index (κ3) is 4.07. The smallest absolute Gasteiger partial charge is 0.291 e. The largest absolute Gasteiger partial charge is 0.368 e. The molecule has 0 bridgehead atoms. The molecule has 1 aromatic carbocycles. The van der Waals surface area contributed by atoms with Gasteiger partial charge in [0.05, 0.1) is 4.90 Å². The third-order valence-corrected chi connectivity index (χ3v) is 8.37. The van der Waals surface area contributed by atoms with E-state index in [2.05, 4.69) is 30.1 Å². The number of hydrogen-bond acceptors (Lipinski definition) is 8. The van der Waals surface area contributed by atoms with Crippen molar-refractivity contribution < 1.29 is 17.2 Å². The summed E-state index contributed by atoms with van der Waals surface area (Å²) in [6.07, 6.45) is 0.438. The van der Waals surface area contributed by atoms with E-state index >= 15 is 0 Å². The quantitative estimate of drug-likeness (QED) is 0.560. The topological polar surface area (TPSA) is 100 Å². The molecular weight excluding hydrogens is 458 g/mol. The molecule has 5 rings (SSSR count). The molecule has 3 aromatic rings. The van der Waals surface area contributed by atoms with Crippen molar-refractivity contribution in [2.24, 2.45) is 0 Å². The number of pyridine rings is 1. The van der Waals surface area contributed by atoms with Crippen LogP contribution in [0.5, 0.6) is 0 Å². The van der Waals surface area contributed by atoms with Crippen LogP contribution >= 0.6 is 11.3 Å². The zero-order valence-electron chi connectivity index (χ0n) is 17.3. The lowest BCUT2D eigenvalue weighted by molar-refractivity contribution is 0.150. The Kier molecular flexibility index (Phi) is 5.35. The summed E-state index contributed by atoms with van der Waals surface area (Å²) in [5.74, 6) is 0. The van der Waals surface area contributed by atoms with E-state index < -0.39 is 27.0 Å². The molecule has 1 aliphatic heterocycles. The van der Waals surface area contributed by atoms with Crippen LogP contribution in [0, 0.1) is 0 Å². The maximum absolute atomic E-state index is 13.2. The average Bonchev–Trinajstić information content (AvgIpc) is 3.28. The van der Waals surface area contributed by atoms with Gasteiger partial charge in [0.15, 0.2) is 10.0 Å². The van der Waals surface area contributed by atoms with Crippen molar-refractivity contribution in [3.63, 3.8) is 0 Å². The Bertz CT molecular complexity index is 1270. The summed E-state index contributed by atoms with van der Waals surface area (Å²) in [4.78, 5) is 6.62. The summed E-state index contributed by atoms with van der Waals surface area (Å²) >= 11 is 0.760. The molecule has 170 valence electrons. The van der Waals surface area contributed by atoms with Crippen molar-refractivity contribution in [2.75, 3.05) is 31.1 Å². The highest BCUT2D eigenvalue weighted by atomic mass is 32.2. The van der Waals surface area contributed by atoms with E-state index in [4.69, 9.17) is 0 Å². The molecular formula is C20H22F2N6O2S2. The van der Waals surface area contributed by atoms with Crippen LogP contribution in [0.2, 0.25) is 0 Å². The fourth-order valence-electron chi connectivity index (χ4n) is 3.82. The average molecular weight is 481 g/mol. The molecule has 2 aliphatic rings. The molecule has 1 saturated carbocycles. The Labute approximate surface area is 188 Å². The highest BCUT2D eigenvalue weighted by molar-refractivity contribution is 7.89. The molecule has 8 nitrogen and oxygen atoms in total. The Morgan fingerprint density at radius 1 is 1.19 bits per heavy atom. The van der Waals surface area contributed by atoms with Crippen molar-refractivity contribution in [3.8, 4) is 10.7 Å². The Morgan fingerprint density at radius 2 is 1.94 bits per heavy atom. The van der Waals surface area contributed by atoms with Gasteiger partial charge < -0.3 is 10.2 Å². The van der Waals surface area contributed by atoms with Crippen molar-refractivity contribution in [1.29, 1.82) is 0 Å². The molecule has 2 aromatic heterocycles. The summed E-state index contributed by atoms with van der Waals surface area (Å²) in [5, 5.41) is 11.9. The van der Waals surface area contributed by atoms with E-state index in [1.165, 1.54) is 0 Å². The summed E-state index contributed by atoms with van der Waals surface area (Å²) in [7, 11) is -3.79. The minimum atomic E-state index is -3.79. The minimum Gasteiger partial charge on any atom is -0.368 e. The SMILES string of the molecule is CC1(NS(=O)(=O)c2cc(N3CCNCC3)c3ccnc(-c4nnc(C(F)F)s4)c3c2)CC1. The number of halogens is 2. The van der Waals surface area contributed by atoms with Crippen molar-refractivity contribution in [3.05, 3.63) is 29.4 Å².